The number of hydrogen-bond acceptors (Lipinski definition) is 4. The molecular weight excluding hydrogens is 376 g/mol. The Balaban J connectivity index is 1.74. The summed E-state index contributed by atoms with van der Waals surface area (Å²) < 4.78 is 11.1. The average molecular weight is 391 g/mol. The zero-order valence-electron chi connectivity index (χ0n) is 12.9. The third kappa shape index (κ3) is 5.82. The molecule has 2 N–H and O–H groups in total. The number of nitrogens with one attached hydrogen (secondary N) is 2. The quantitative estimate of drug-likeness (QED) is 0.769. The van der Waals surface area contributed by atoms with Gasteiger partial charge >= 0.3 is 0 Å². The Morgan fingerprint density at radius 3 is 2.79 bits per heavy atom. The standard InChI is InChI=1S/C17H15BrN2O4/c1-12(21)20-13-5-4-6-14(11-13)23-10-3-2-9-19-17(22)15-7-8-16(18)24-15/h4-8,11H,9-10H2,1H3,(H,19,22)(H,20,21). The lowest BCUT2D eigenvalue weighted by Crippen LogP contribution is -2.23. The summed E-state index contributed by atoms with van der Waals surface area (Å²) >= 11 is 3.13. The van der Waals surface area contributed by atoms with Gasteiger partial charge in [-0.05, 0) is 40.2 Å². The summed E-state index contributed by atoms with van der Waals surface area (Å²) in [5, 5.41) is 5.28. The van der Waals surface area contributed by atoms with Crippen molar-refractivity contribution in [2.45, 2.75) is 6.92 Å². The van der Waals surface area contributed by atoms with Gasteiger partial charge in [0.25, 0.3) is 5.91 Å². The van der Waals surface area contributed by atoms with E-state index in [1.54, 1.807) is 36.4 Å². The lowest BCUT2D eigenvalue weighted by molar-refractivity contribution is -0.114. The molecule has 2 rings (SSSR count). The first kappa shape index (κ1) is 17.6. The molecule has 2 amide bonds. The molecule has 0 aliphatic rings. The van der Waals surface area contributed by atoms with Crippen LogP contribution in [0.25, 0.3) is 0 Å². The predicted octanol–water partition coefficient (Wildman–Crippen LogP) is 2.81. The highest BCUT2D eigenvalue weighted by Gasteiger charge is 2.08. The molecule has 2 aromatic rings. The molecule has 1 aromatic carbocycles. The Morgan fingerprint density at radius 2 is 2.08 bits per heavy atom. The van der Waals surface area contributed by atoms with Gasteiger partial charge in [0, 0.05) is 18.7 Å². The van der Waals surface area contributed by atoms with E-state index in [2.05, 4.69) is 38.4 Å². The topological polar surface area (TPSA) is 80.6 Å². The van der Waals surface area contributed by atoms with E-state index in [0.717, 1.165) is 0 Å². The predicted molar refractivity (Wildman–Crippen MR) is 92.8 cm³/mol. The number of benzene rings is 1. The van der Waals surface area contributed by atoms with Crippen molar-refractivity contribution in [3.63, 3.8) is 0 Å². The van der Waals surface area contributed by atoms with Crippen LogP contribution < -0.4 is 15.4 Å². The van der Waals surface area contributed by atoms with Gasteiger partial charge in [-0.3, -0.25) is 9.59 Å². The molecule has 0 atom stereocenters. The molecule has 0 bridgehead atoms. The van der Waals surface area contributed by atoms with E-state index in [1.807, 2.05) is 0 Å². The smallest absolute Gasteiger partial charge is 0.287 e. The van der Waals surface area contributed by atoms with Gasteiger partial charge < -0.3 is 19.8 Å². The van der Waals surface area contributed by atoms with Crippen molar-refractivity contribution in [1.82, 2.24) is 5.32 Å². The fraction of sp³-hybridized carbons (Fsp3) is 0.176. The van der Waals surface area contributed by atoms with Gasteiger partial charge in [-0.25, -0.2) is 0 Å². The van der Waals surface area contributed by atoms with E-state index in [4.69, 9.17) is 9.15 Å². The largest absolute Gasteiger partial charge is 0.481 e. The molecular formula is C17H15BrN2O4. The molecule has 0 fully saturated rings. The maximum absolute atomic E-state index is 11.7. The van der Waals surface area contributed by atoms with Crippen molar-refractivity contribution in [2.75, 3.05) is 18.5 Å². The minimum absolute atomic E-state index is 0.147. The fourth-order valence-electron chi connectivity index (χ4n) is 1.75. The summed E-state index contributed by atoms with van der Waals surface area (Å²) in [6.45, 7) is 1.80. The van der Waals surface area contributed by atoms with Crippen LogP contribution in [0.2, 0.25) is 0 Å². The third-order valence-electron chi connectivity index (χ3n) is 2.72. The van der Waals surface area contributed by atoms with Gasteiger partial charge in [-0.1, -0.05) is 17.9 Å². The molecule has 0 aliphatic heterocycles. The van der Waals surface area contributed by atoms with Crippen LogP contribution in [0.15, 0.2) is 45.5 Å². The second-order valence-electron chi connectivity index (χ2n) is 4.64. The fourth-order valence-corrected chi connectivity index (χ4v) is 2.05. The van der Waals surface area contributed by atoms with Gasteiger partial charge in [0.05, 0.1) is 6.54 Å². The van der Waals surface area contributed by atoms with Crippen LogP contribution in [0.1, 0.15) is 17.5 Å². The Morgan fingerprint density at radius 1 is 1.25 bits per heavy atom. The van der Waals surface area contributed by atoms with Crippen LogP contribution >= 0.6 is 15.9 Å². The number of anilines is 1. The monoisotopic (exact) mass is 390 g/mol. The SMILES string of the molecule is CC(=O)Nc1cccc(OCC#CCNC(=O)c2ccc(Br)o2)c1. The second kappa shape index (κ2) is 8.79. The average Bonchev–Trinajstić information content (AvgIpc) is 2.97. The van der Waals surface area contributed by atoms with Crippen molar-refractivity contribution in [2.24, 2.45) is 0 Å². The van der Waals surface area contributed by atoms with Crippen LogP contribution in [0.5, 0.6) is 5.75 Å². The number of halogens is 1. The molecule has 0 radical (unpaired) electrons. The van der Waals surface area contributed by atoms with E-state index in [-0.39, 0.29) is 30.7 Å². The van der Waals surface area contributed by atoms with Crippen LogP contribution in [-0.2, 0) is 4.79 Å². The lowest BCUT2D eigenvalue weighted by Gasteiger charge is -2.05. The van der Waals surface area contributed by atoms with Crippen molar-refractivity contribution in [3.05, 3.63) is 46.8 Å². The molecule has 24 heavy (non-hydrogen) atoms. The molecule has 0 unspecified atom stereocenters. The third-order valence-corrected chi connectivity index (χ3v) is 3.15. The van der Waals surface area contributed by atoms with E-state index in [9.17, 15) is 9.59 Å². The summed E-state index contributed by atoms with van der Waals surface area (Å²) in [4.78, 5) is 22.7. The van der Waals surface area contributed by atoms with Crippen LogP contribution in [0.3, 0.4) is 0 Å². The molecule has 7 heteroatoms. The van der Waals surface area contributed by atoms with Gasteiger partial charge in [-0.2, -0.15) is 0 Å². The minimum Gasteiger partial charge on any atom is -0.481 e. The maximum atomic E-state index is 11.7. The first-order valence-corrected chi connectivity index (χ1v) is 7.83. The van der Waals surface area contributed by atoms with Crippen molar-refractivity contribution in [1.29, 1.82) is 0 Å². The Labute approximate surface area is 147 Å². The first-order chi connectivity index (χ1) is 11.5. The molecule has 6 nitrogen and oxygen atoms in total. The first-order valence-electron chi connectivity index (χ1n) is 7.04. The van der Waals surface area contributed by atoms with E-state index >= 15 is 0 Å². The minimum atomic E-state index is -0.334. The highest BCUT2D eigenvalue weighted by atomic mass is 79.9. The highest BCUT2D eigenvalue weighted by Crippen LogP contribution is 2.17. The zero-order chi connectivity index (χ0) is 17.4. The second-order valence-corrected chi connectivity index (χ2v) is 5.42. The molecule has 1 aromatic heterocycles. The van der Waals surface area contributed by atoms with Gasteiger partial charge in [0.2, 0.25) is 5.91 Å². The normalized spacial score (nSPS) is 9.58. The van der Waals surface area contributed by atoms with Gasteiger partial charge in [0.15, 0.2) is 10.4 Å². The van der Waals surface area contributed by atoms with Crippen LogP contribution in [0, 0.1) is 11.8 Å². The number of carbonyl (C=O) groups is 2. The van der Waals surface area contributed by atoms with E-state index < -0.39 is 0 Å². The van der Waals surface area contributed by atoms with Gasteiger partial charge in [-0.15, -0.1) is 0 Å². The summed E-state index contributed by atoms with van der Waals surface area (Å²) in [6.07, 6.45) is 0. The number of rotatable bonds is 5. The maximum Gasteiger partial charge on any atom is 0.287 e. The Kier molecular flexibility index (Phi) is 6.46. The molecule has 124 valence electrons. The molecule has 1 heterocycles. The van der Waals surface area contributed by atoms with E-state index in [0.29, 0.717) is 16.1 Å². The molecule has 0 saturated heterocycles. The molecule has 0 aliphatic carbocycles. The van der Waals surface area contributed by atoms with E-state index in [1.165, 1.54) is 6.92 Å². The van der Waals surface area contributed by atoms with Crippen molar-refractivity contribution >= 4 is 33.4 Å². The lowest BCUT2D eigenvalue weighted by atomic mass is 10.3. The Hall–Kier alpha value is -2.72. The van der Waals surface area contributed by atoms with Crippen molar-refractivity contribution < 1.29 is 18.7 Å². The van der Waals surface area contributed by atoms with Crippen LogP contribution in [-0.4, -0.2) is 25.0 Å². The summed E-state index contributed by atoms with van der Waals surface area (Å²) in [7, 11) is 0. The number of furan rings is 1. The summed E-state index contributed by atoms with van der Waals surface area (Å²) in [6, 6.07) is 10.2. The molecule has 0 saturated carbocycles. The Bertz CT molecular complexity index is 789. The number of amides is 2. The number of hydrogen-bond donors (Lipinski definition) is 2. The van der Waals surface area contributed by atoms with Crippen molar-refractivity contribution in [3.8, 4) is 17.6 Å². The van der Waals surface area contributed by atoms with Gasteiger partial charge in [0.1, 0.15) is 12.4 Å². The zero-order valence-corrected chi connectivity index (χ0v) is 14.5. The number of ether oxygens (including phenoxy) is 1. The molecule has 0 spiro atoms. The summed E-state index contributed by atoms with van der Waals surface area (Å²) in [5.41, 5.74) is 0.657. The number of carbonyl (C=O) groups excluding carboxylic acids is 2. The highest BCUT2D eigenvalue weighted by molar-refractivity contribution is 9.10. The summed E-state index contributed by atoms with van der Waals surface area (Å²) in [5.74, 6) is 5.91. The van der Waals surface area contributed by atoms with Crippen LogP contribution in [0.4, 0.5) is 5.69 Å².